The van der Waals surface area contributed by atoms with Crippen molar-refractivity contribution in [3.63, 3.8) is 0 Å². The molecule has 40 heavy (non-hydrogen) atoms. The van der Waals surface area contributed by atoms with Crippen LogP contribution in [-0.2, 0) is 47.6 Å². The average molecular weight is 566 g/mol. The van der Waals surface area contributed by atoms with Gasteiger partial charge in [0.1, 0.15) is 6.61 Å². The Labute approximate surface area is 233 Å². The first-order valence-corrected chi connectivity index (χ1v) is 14.8. The van der Waals surface area contributed by atoms with Crippen molar-refractivity contribution in [2.45, 2.75) is 38.5 Å². The van der Waals surface area contributed by atoms with Crippen molar-refractivity contribution < 1.29 is 37.8 Å². The van der Waals surface area contributed by atoms with Crippen LogP contribution in [0.3, 0.4) is 0 Å². The molecular weight excluding hydrogens is 533 g/mol. The molecule has 0 radical (unpaired) electrons. The smallest absolute Gasteiger partial charge is 0.416 e. The summed E-state index contributed by atoms with van der Waals surface area (Å²) in [7, 11) is -3.78. The molecule has 1 heterocycles. The molecule has 2 unspecified atom stereocenters. The van der Waals surface area contributed by atoms with E-state index in [-0.39, 0.29) is 32.4 Å². The van der Waals surface area contributed by atoms with Gasteiger partial charge < -0.3 is 18.9 Å². The number of carboxylic acids is 1. The minimum absolute atomic E-state index is 0.0120. The highest BCUT2D eigenvalue weighted by atomic mass is 31.2. The van der Waals surface area contributed by atoms with Crippen molar-refractivity contribution in [2.75, 3.05) is 12.8 Å². The Morgan fingerprint density at radius 2 is 1.38 bits per heavy atom. The van der Waals surface area contributed by atoms with Gasteiger partial charge in [-0.1, -0.05) is 91.0 Å². The standard InChI is InChI=1S/C30H32NO8P/c32-28(33)19-26(29(34)31-27(22-37-30(31)35)18-23-10-4-1-5-11-23)16-17-40(36,38-20-24-12-6-2-7-13-24)39-21-25-14-8-3-9-15-25/h1-15,26-27H,16-22H2,(H,32,33). The van der Waals surface area contributed by atoms with Crippen molar-refractivity contribution in [1.82, 2.24) is 4.90 Å². The van der Waals surface area contributed by atoms with E-state index in [1.807, 2.05) is 91.0 Å². The van der Waals surface area contributed by atoms with Gasteiger partial charge in [-0.05, 0) is 29.5 Å². The molecule has 1 saturated heterocycles. The fourth-order valence-corrected chi connectivity index (χ4v) is 6.11. The van der Waals surface area contributed by atoms with E-state index in [1.165, 1.54) is 0 Å². The largest absolute Gasteiger partial charge is 0.481 e. The zero-order valence-electron chi connectivity index (χ0n) is 22.0. The molecule has 4 rings (SSSR count). The summed E-state index contributed by atoms with van der Waals surface area (Å²) in [6.07, 6.45) is -1.31. The van der Waals surface area contributed by atoms with Gasteiger partial charge in [0.25, 0.3) is 0 Å². The molecule has 0 spiro atoms. The Kier molecular flexibility index (Phi) is 10.2. The third kappa shape index (κ3) is 8.36. The van der Waals surface area contributed by atoms with Gasteiger partial charge in [0.2, 0.25) is 5.91 Å². The predicted molar refractivity (Wildman–Crippen MR) is 147 cm³/mol. The number of ether oxygens (including phenoxy) is 1. The number of cyclic esters (lactones) is 1. The van der Waals surface area contributed by atoms with Gasteiger partial charge in [-0.3, -0.25) is 14.2 Å². The molecule has 2 atom stereocenters. The van der Waals surface area contributed by atoms with E-state index in [1.54, 1.807) is 0 Å². The maximum Gasteiger partial charge on any atom is 0.416 e. The van der Waals surface area contributed by atoms with Crippen LogP contribution in [-0.4, -0.2) is 46.8 Å². The number of aliphatic carboxylic acids is 1. The molecule has 0 bridgehead atoms. The van der Waals surface area contributed by atoms with E-state index in [0.29, 0.717) is 6.42 Å². The Balaban J connectivity index is 1.49. The zero-order chi connectivity index (χ0) is 28.4. The van der Waals surface area contributed by atoms with Crippen LogP contribution in [0.5, 0.6) is 0 Å². The second-order valence-corrected chi connectivity index (χ2v) is 11.8. The lowest BCUT2D eigenvalue weighted by Gasteiger charge is -2.25. The fourth-order valence-electron chi connectivity index (χ4n) is 4.46. The minimum atomic E-state index is -3.78. The summed E-state index contributed by atoms with van der Waals surface area (Å²) in [5.74, 6) is -3.02. The van der Waals surface area contributed by atoms with Crippen molar-refractivity contribution in [3.05, 3.63) is 108 Å². The van der Waals surface area contributed by atoms with Gasteiger partial charge >= 0.3 is 19.7 Å². The monoisotopic (exact) mass is 565 g/mol. The highest BCUT2D eigenvalue weighted by Gasteiger charge is 2.42. The summed E-state index contributed by atoms with van der Waals surface area (Å²) < 4.78 is 30.6. The normalized spacial score (nSPS) is 15.9. The Morgan fingerprint density at radius 1 is 0.875 bits per heavy atom. The van der Waals surface area contributed by atoms with Gasteiger partial charge in [0.15, 0.2) is 0 Å². The number of hydrogen-bond donors (Lipinski definition) is 1. The van der Waals surface area contributed by atoms with E-state index in [0.717, 1.165) is 21.6 Å². The Hall–Kier alpha value is -3.78. The highest BCUT2D eigenvalue weighted by Crippen LogP contribution is 2.51. The van der Waals surface area contributed by atoms with Crippen LogP contribution in [0.2, 0.25) is 0 Å². The number of imide groups is 1. The van der Waals surface area contributed by atoms with Crippen LogP contribution >= 0.6 is 7.60 Å². The first-order valence-electron chi connectivity index (χ1n) is 13.0. The number of amides is 2. The third-order valence-electron chi connectivity index (χ3n) is 6.58. The lowest BCUT2D eigenvalue weighted by atomic mass is 9.98. The summed E-state index contributed by atoms with van der Waals surface area (Å²) in [6, 6.07) is 27.1. The zero-order valence-corrected chi connectivity index (χ0v) is 22.9. The molecule has 0 aromatic heterocycles. The number of rotatable bonds is 14. The maximum absolute atomic E-state index is 13.9. The minimum Gasteiger partial charge on any atom is -0.481 e. The molecule has 2 amide bonds. The number of benzene rings is 3. The molecule has 3 aromatic carbocycles. The van der Waals surface area contributed by atoms with Crippen LogP contribution in [0.15, 0.2) is 91.0 Å². The summed E-state index contributed by atoms with van der Waals surface area (Å²) >= 11 is 0. The molecule has 1 fully saturated rings. The Bertz CT molecular complexity index is 1270. The maximum atomic E-state index is 13.9. The third-order valence-corrected chi connectivity index (χ3v) is 8.43. The number of carboxylic acid groups (broad SMARTS) is 1. The predicted octanol–water partition coefficient (Wildman–Crippen LogP) is 5.68. The second kappa shape index (κ2) is 14.0. The number of carbonyl (C=O) groups excluding carboxylic acids is 2. The number of hydrogen-bond acceptors (Lipinski definition) is 7. The van der Waals surface area contributed by atoms with Crippen molar-refractivity contribution in [1.29, 1.82) is 0 Å². The fraction of sp³-hybridized carbons (Fsp3) is 0.300. The van der Waals surface area contributed by atoms with Crippen LogP contribution in [0.1, 0.15) is 29.5 Å². The van der Waals surface area contributed by atoms with Crippen molar-refractivity contribution >= 4 is 25.6 Å². The van der Waals surface area contributed by atoms with Gasteiger partial charge in [0.05, 0.1) is 31.8 Å². The molecular formula is C30H32NO8P. The summed E-state index contributed by atoms with van der Waals surface area (Å²) in [5.41, 5.74) is 2.48. The molecule has 1 aliphatic heterocycles. The molecule has 1 aliphatic rings. The first kappa shape index (κ1) is 29.2. The van der Waals surface area contributed by atoms with Gasteiger partial charge in [-0.25, -0.2) is 9.69 Å². The van der Waals surface area contributed by atoms with Gasteiger partial charge in [-0.15, -0.1) is 0 Å². The van der Waals surface area contributed by atoms with E-state index >= 15 is 0 Å². The van der Waals surface area contributed by atoms with E-state index < -0.39 is 43.9 Å². The molecule has 1 N–H and O–H groups in total. The average Bonchev–Trinajstić information content (AvgIpc) is 3.33. The summed E-state index contributed by atoms with van der Waals surface area (Å²) in [5, 5.41) is 9.56. The molecule has 3 aromatic rings. The summed E-state index contributed by atoms with van der Waals surface area (Å²) in [4.78, 5) is 38.8. The quantitative estimate of drug-likeness (QED) is 0.248. The second-order valence-electron chi connectivity index (χ2n) is 9.56. The Morgan fingerprint density at radius 3 is 1.88 bits per heavy atom. The number of carbonyl (C=O) groups is 3. The topological polar surface area (TPSA) is 119 Å². The van der Waals surface area contributed by atoms with Crippen molar-refractivity contribution in [2.24, 2.45) is 5.92 Å². The SMILES string of the molecule is O=C(O)CC(CCP(=O)(OCc1ccccc1)OCc1ccccc1)C(=O)N1C(=O)OCC1Cc1ccccc1. The van der Waals surface area contributed by atoms with E-state index in [9.17, 15) is 24.1 Å². The molecule has 9 nitrogen and oxygen atoms in total. The van der Waals surface area contributed by atoms with Crippen LogP contribution < -0.4 is 0 Å². The van der Waals surface area contributed by atoms with Crippen molar-refractivity contribution in [3.8, 4) is 0 Å². The first-order chi connectivity index (χ1) is 19.3. The van der Waals surface area contributed by atoms with Gasteiger partial charge in [-0.2, -0.15) is 0 Å². The number of nitrogens with zero attached hydrogens (tertiary/aromatic N) is 1. The van der Waals surface area contributed by atoms with E-state index in [2.05, 4.69) is 0 Å². The molecule has 0 saturated carbocycles. The summed E-state index contributed by atoms with van der Waals surface area (Å²) in [6.45, 7) is 0.0439. The van der Waals surface area contributed by atoms with Crippen LogP contribution in [0, 0.1) is 5.92 Å². The van der Waals surface area contributed by atoms with Crippen LogP contribution in [0.4, 0.5) is 4.79 Å². The van der Waals surface area contributed by atoms with E-state index in [4.69, 9.17) is 13.8 Å². The lowest BCUT2D eigenvalue weighted by Crippen LogP contribution is -2.44. The lowest BCUT2D eigenvalue weighted by molar-refractivity contribution is -0.143. The highest BCUT2D eigenvalue weighted by molar-refractivity contribution is 7.53. The molecule has 10 heteroatoms. The molecule has 210 valence electrons. The van der Waals surface area contributed by atoms with Crippen LogP contribution in [0.25, 0.3) is 0 Å². The van der Waals surface area contributed by atoms with Gasteiger partial charge in [0, 0.05) is 5.92 Å². The molecule has 0 aliphatic carbocycles.